The van der Waals surface area contributed by atoms with Gasteiger partial charge in [-0.05, 0) is 41.3 Å². The lowest BCUT2D eigenvalue weighted by Crippen LogP contribution is -2.41. The Kier molecular flexibility index (Phi) is 5.79. The SMILES string of the molecule is CC(C)(C)c1ccc(C(=O)NNS(=O)(=O)c2cc(Cl)cc(Cl)c2)cc1. The minimum absolute atomic E-state index is 0.0392. The molecule has 0 aliphatic heterocycles. The van der Waals surface area contributed by atoms with Gasteiger partial charge in [-0.1, -0.05) is 56.1 Å². The first kappa shape index (κ1) is 19.7. The first-order valence-electron chi connectivity index (χ1n) is 7.38. The van der Waals surface area contributed by atoms with E-state index >= 15 is 0 Å². The molecule has 0 aliphatic rings. The summed E-state index contributed by atoms with van der Waals surface area (Å²) in [7, 11) is -3.99. The van der Waals surface area contributed by atoms with Gasteiger partial charge in [0, 0.05) is 15.6 Å². The van der Waals surface area contributed by atoms with Crippen LogP contribution in [0.5, 0.6) is 0 Å². The standard InChI is InChI=1S/C17H18Cl2N2O3S/c1-17(2,3)12-6-4-11(5-7-12)16(22)20-21-25(23,24)15-9-13(18)8-14(19)10-15/h4-10,21H,1-3H3,(H,20,22). The van der Waals surface area contributed by atoms with E-state index in [0.29, 0.717) is 5.56 Å². The molecule has 134 valence electrons. The normalized spacial score (nSPS) is 12.0. The van der Waals surface area contributed by atoms with Gasteiger partial charge in [-0.25, -0.2) is 8.42 Å². The van der Waals surface area contributed by atoms with Crippen LogP contribution in [0.15, 0.2) is 47.4 Å². The van der Waals surface area contributed by atoms with Gasteiger partial charge in [0.2, 0.25) is 0 Å². The quantitative estimate of drug-likeness (QED) is 0.763. The largest absolute Gasteiger partial charge is 0.273 e. The number of hydrazine groups is 1. The number of hydrogen-bond donors (Lipinski definition) is 2. The summed E-state index contributed by atoms with van der Waals surface area (Å²) in [5.74, 6) is -0.572. The van der Waals surface area contributed by atoms with E-state index in [1.54, 1.807) is 12.1 Å². The number of carbonyl (C=O) groups excluding carboxylic acids is 1. The number of carbonyl (C=O) groups is 1. The summed E-state index contributed by atoms with van der Waals surface area (Å²) in [6, 6.07) is 10.8. The minimum atomic E-state index is -3.99. The van der Waals surface area contributed by atoms with Crippen molar-refractivity contribution in [3.05, 3.63) is 63.6 Å². The van der Waals surface area contributed by atoms with Crippen molar-refractivity contribution in [3.63, 3.8) is 0 Å². The summed E-state index contributed by atoms with van der Waals surface area (Å²) in [6.07, 6.45) is 0. The van der Waals surface area contributed by atoms with E-state index in [-0.39, 0.29) is 20.4 Å². The third kappa shape index (κ3) is 5.19. The van der Waals surface area contributed by atoms with Gasteiger partial charge in [-0.15, -0.1) is 4.83 Å². The number of sulfonamides is 1. The first-order valence-corrected chi connectivity index (χ1v) is 9.62. The van der Waals surface area contributed by atoms with Gasteiger partial charge in [0.1, 0.15) is 0 Å². The Morgan fingerprint density at radius 1 is 0.960 bits per heavy atom. The van der Waals surface area contributed by atoms with Crippen molar-refractivity contribution in [3.8, 4) is 0 Å². The summed E-state index contributed by atoms with van der Waals surface area (Å²) in [5.41, 5.74) is 3.53. The molecule has 1 amide bonds. The molecular weight excluding hydrogens is 383 g/mol. The number of benzene rings is 2. The molecule has 2 aromatic carbocycles. The Morgan fingerprint density at radius 3 is 1.96 bits per heavy atom. The Labute approximate surface area is 157 Å². The summed E-state index contributed by atoms with van der Waals surface area (Å²) in [5, 5.41) is 0.356. The Balaban J connectivity index is 2.11. The second-order valence-electron chi connectivity index (χ2n) is 6.49. The molecule has 0 aliphatic carbocycles. The predicted molar refractivity (Wildman–Crippen MR) is 99.4 cm³/mol. The van der Waals surface area contributed by atoms with Crippen molar-refractivity contribution in [1.29, 1.82) is 0 Å². The van der Waals surface area contributed by atoms with Crippen LogP contribution >= 0.6 is 23.2 Å². The average molecular weight is 401 g/mol. The van der Waals surface area contributed by atoms with Gasteiger partial charge >= 0.3 is 0 Å². The zero-order valence-corrected chi connectivity index (χ0v) is 16.3. The molecule has 5 nitrogen and oxygen atoms in total. The zero-order chi connectivity index (χ0) is 18.8. The fourth-order valence-electron chi connectivity index (χ4n) is 2.05. The monoisotopic (exact) mass is 400 g/mol. The summed E-state index contributed by atoms with van der Waals surface area (Å²) < 4.78 is 24.4. The fraction of sp³-hybridized carbons (Fsp3) is 0.235. The number of amides is 1. The van der Waals surface area contributed by atoms with E-state index < -0.39 is 15.9 Å². The van der Waals surface area contributed by atoms with E-state index in [9.17, 15) is 13.2 Å². The molecular formula is C17H18Cl2N2O3S. The second-order valence-corrected chi connectivity index (χ2v) is 9.05. The van der Waals surface area contributed by atoms with Crippen molar-refractivity contribution >= 4 is 39.1 Å². The van der Waals surface area contributed by atoms with Crippen LogP contribution in [-0.2, 0) is 15.4 Å². The van der Waals surface area contributed by atoms with Gasteiger partial charge in [-0.3, -0.25) is 10.2 Å². The average Bonchev–Trinajstić information content (AvgIpc) is 2.51. The summed E-state index contributed by atoms with van der Waals surface area (Å²) in [6.45, 7) is 6.19. The molecule has 0 bridgehead atoms. The van der Waals surface area contributed by atoms with E-state index in [0.717, 1.165) is 5.56 Å². The van der Waals surface area contributed by atoms with Crippen LogP contribution in [0.3, 0.4) is 0 Å². The molecule has 0 saturated carbocycles. The smallest absolute Gasteiger partial charge is 0.266 e. The predicted octanol–water partition coefficient (Wildman–Crippen LogP) is 3.91. The number of nitrogens with one attached hydrogen (secondary N) is 2. The Bertz CT molecular complexity index is 869. The minimum Gasteiger partial charge on any atom is -0.273 e. The van der Waals surface area contributed by atoms with Crippen molar-refractivity contribution in [2.45, 2.75) is 31.1 Å². The highest BCUT2D eigenvalue weighted by Gasteiger charge is 2.18. The van der Waals surface area contributed by atoms with Crippen LogP contribution in [0.2, 0.25) is 10.0 Å². The van der Waals surface area contributed by atoms with Gasteiger partial charge in [0.15, 0.2) is 0 Å². The van der Waals surface area contributed by atoms with E-state index in [2.05, 4.69) is 26.2 Å². The number of hydrogen-bond acceptors (Lipinski definition) is 3. The lowest BCUT2D eigenvalue weighted by molar-refractivity contribution is 0.0945. The number of halogens is 2. The van der Waals surface area contributed by atoms with Crippen LogP contribution in [0.4, 0.5) is 0 Å². The van der Waals surface area contributed by atoms with Crippen LogP contribution < -0.4 is 10.3 Å². The molecule has 0 spiro atoms. The van der Waals surface area contributed by atoms with E-state index in [1.807, 2.05) is 17.0 Å². The Morgan fingerprint density at radius 2 is 1.48 bits per heavy atom. The van der Waals surface area contributed by atoms with Gasteiger partial charge < -0.3 is 0 Å². The molecule has 0 saturated heterocycles. The topological polar surface area (TPSA) is 75.3 Å². The highest BCUT2D eigenvalue weighted by Crippen LogP contribution is 2.23. The molecule has 0 fully saturated rings. The van der Waals surface area contributed by atoms with Crippen LogP contribution in [0.1, 0.15) is 36.7 Å². The third-order valence-corrected chi connectivity index (χ3v) is 5.12. The van der Waals surface area contributed by atoms with E-state index in [1.165, 1.54) is 18.2 Å². The molecule has 0 heterocycles. The maximum absolute atomic E-state index is 12.2. The highest BCUT2D eigenvalue weighted by atomic mass is 35.5. The fourth-order valence-corrected chi connectivity index (χ4v) is 3.61. The molecule has 0 radical (unpaired) electrons. The maximum Gasteiger partial charge on any atom is 0.266 e. The van der Waals surface area contributed by atoms with Gasteiger partial charge in [0.05, 0.1) is 4.90 Å². The molecule has 25 heavy (non-hydrogen) atoms. The summed E-state index contributed by atoms with van der Waals surface area (Å²) >= 11 is 11.6. The van der Waals surface area contributed by atoms with Gasteiger partial charge in [0.25, 0.3) is 15.9 Å². The Hall–Kier alpha value is -1.60. The lowest BCUT2D eigenvalue weighted by Gasteiger charge is -2.19. The van der Waals surface area contributed by atoms with E-state index in [4.69, 9.17) is 23.2 Å². The van der Waals surface area contributed by atoms with Crippen molar-refractivity contribution in [2.24, 2.45) is 0 Å². The molecule has 2 N–H and O–H groups in total. The van der Waals surface area contributed by atoms with Crippen LogP contribution in [0.25, 0.3) is 0 Å². The molecule has 2 rings (SSSR count). The second kappa shape index (κ2) is 7.33. The van der Waals surface area contributed by atoms with Crippen molar-refractivity contribution in [2.75, 3.05) is 0 Å². The molecule has 0 atom stereocenters. The third-order valence-electron chi connectivity index (χ3n) is 3.46. The molecule has 0 aromatic heterocycles. The van der Waals surface area contributed by atoms with Crippen molar-refractivity contribution in [1.82, 2.24) is 10.3 Å². The summed E-state index contributed by atoms with van der Waals surface area (Å²) in [4.78, 5) is 14.0. The van der Waals surface area contributed by atoms with Crippen LogP contribution in [-0.4, -0.2) is 14.3 Å². The first-order chi connectivity index (χ1) is 11.5. The maximum atomic E-state index is 12.2. The highest BCUT2D eigenvalue weighted by molar-refractivity contribution is 7.89. The molecule has 0 unspecified atom stereocenters. The van der Waals surface area contributed by atoms with Crippen LogP contribution in [0, 0.1) is 0 Å². The van der Waals surface area contributed by atoms with Crippen molar-refractivity contribution < 1.29 is 13.2 Å². The van der Waals surface area contributed by atoms with Gasteiger partial charge in [-0.2, -0.15) is 0 Å². The number of rotatable bonds is 4. The lowest BCUT2D eigenvalue weighted by atomic mass is 9.87. The molecule has 2 aromatic rings. The molecule has 8 heteroatoms. The zero-order valence-electron chi connectivity index (χ0n) is 13.9.